The zero-order chi connectivity index (χ0) is 14.4. The second-order valence-electron chi connectivity index (χ2n) is 5.53. The molecule has 0 saturated carbocycles. The number of ether oxygens (including phenoxy) is 1. The van der Waals surface area contributed by atoms with E-state index in [0.29, 0.717) is 23.9 Å². The first-order valence-electron chi connectivity index (χ1n) is 7.66. The third kappa shape index (κ3) is 3.60. The first-order valence-corrected chi connectivity index (χ1v) is 7.66. The molecular formula is C17H25NO2. The standard InChI is InChI=1S/C17H25NO2/c1-3-8-14-9-6-7-12-18(14)13-16(19)15-10-4-5-11-17(15)20-2/h4-5,10-11,14H,3,6-9,12-13H2,1-2H3. The molecule has 1 saturated heterocycles. The fourth-order valence-electron chi connectivity index (χ4n) is 3.07. The Morgan fingerprint density at radius 2 is 2.15 bits per heavy atom. The molecule has 3 nitrogen and oxygen atoms in total. The van der Waals surface area contributed by atoms with Crippen molar-refractivity contribution in [3.05, 3.63) is 29.8 Å². The average molecular weight is 275 g/mol. The summed E-state index contributed by atoms with van der Waals surface area (Å²) < 4.78 is 5.29. The van der Waals surface area contributed by atoms with Crippen molar-refractivity contribution in [3.63, 3.8) is 0 Å². The van der Waals surface area contributed by atoms with Crippen LogP contribution >= 0.6 is 0 Å². The van der Waals surface area contributed by atoms with Crippen LogP contribution in [0.15, 0.2) is 24.3 Å². The average Bonchev–Trinajstić information content (AvgIpc) is 2.49. The molecular weight excluding hydrogens is 250 g/mol. The van der Waals surface area contributed by atoms with E-state index in [-0.39, 0.29) is 5.78 Å². The van der Waals surface area contributed by atoms with Crippen LogP contribution in [0.2, 0.25) is 0 Å². The summed E-state index contributed by atoms with van der Waals surface area (Å²) in [6, 6.07) is 8.09. The van der Waals surface area contributed by atoms with Gasteiger partial charge in [0.15, 0.2) is 5.78 Å². The summed E-state index contributed by atoms with van der Waals surface area (Å²) in [4.78, 5) is 14.9. The van der Waals surface area contributed by atoms with Gasteiger partial charge < -0.3 is 4.74 Å². The lowest BCUT2D eigenvalue weighted by atomic mass is 9.97. The molecule has 110 valence electrons. The quantitative estimate of drug-likeness (QED) is 0.744. The fourth-order valence-corrected chi connectivity index (χ4v) is 3.07. The molecule has 1 aromatic carbocycles. The summed E-state index contributed by atoms with van der Waals surface area (Å²) in [5.74, 6) is 0.854. The van der Waals surface area contributed by atoms with E-state index in [2.05, 4.69) is 11.8 Å². The molecule has 20 heavy (non-hydrogen) atoms. The van der Waals surface area contributed by atoms with Gasteiger partial charge in [-0.1, -0.05) is 31.9 Å². The lowest BCUT2D eigenvalue weighted by Gasteiger charge is -2.35. The van der Waals surface area contributed by atoms with Crippen LogP contribution < -0.4 is 4.74 Å². The van der Waals surface area contributed by atoms with Crippen LogP contribution in [0.3, 0.4) is 0 Å². The highest BCUT2D eigenvalue weighted by atomic mass is 16.5. The predicted octanol–water partition coefficient (Wildman–Crippen LogP) is 3.53. The molecule has 1 aliphatic heterocycles. The van der Waals surface area contributed by atoms with Gasteiger partial charge in [0.25, 0.3) is 0 Å². The number of likely N-dealkylation sites (tertiary alicyclic amines) is 1. The Hall–Kier alpha value is -1.35. The number of nitrogens with zero attached hydrogens (tertiary/aromatic N) is 1. The highest BCUT2D eigenvalue weighted by Crippen LogP contribution is 2.23. The Labute approximate surface area is 121 Å². The second-order valence-corrected chi connectivity index (χ2v) is 5.53. The highest BCUT2D eigenvalue weighted by Gasteiger charge is 2.24. The third-order valence-electron chi connectivity index (χ3n) is 4.13. The number of carbonyl (C=O) groups is 1. The van der Waals surface area contributed by atoms with Gasteiger partial charge in [0.2, 0.25) is 0 Å². The lowest BCUT2D eigenvalue weighted by Crippen LogP contribution is -2.42. The van der Waals surface area contributed by atoms with E-state index in [1.54, 1.807) is 7.11 Å². The summed E-state index contributed by atoms with van der Waals surface area (Å²) in [5.41, 5.74) is 0.704. The summed E-state index contributed by atoms with van der Waals surface area (Å²) >= 11 is 0. The van der Waals surface area contributed by atoms with E-state index in [9.17, 15) is 4.79 Å². The number of methoxy groups -OCH3 is 1. The first-order chi connectivity index (χ1) is 9.76. The van der Waals surface area contributed by atoms with Crippen molar-refractivity contribution in [1.82, 2.24) is 4.90 Å². The minimum Gasteiger partial charge on any atom is -0.496 e. The molecule has 0 aromatic heterocycles. The molecule has 1 aromatic rings. The number of benzene rings is 1. The molecule has 1 atom stereocenters. The first kappa shape index (κ1) is 15.0. The summed E-state index contributed by atoms with van der Waals surface area (Å²) in [7, 11) is 1.62. The molecule has 3 heteroatoms. The largest absolute Gasteiger partial charge is 0.496 e. The third-order valence-corrected chi connectivity index (χ3v) is 4.13. The normalized spacial score (nSPS) is 19.8. The van der Waals surface area contributed by atoms with Crippen LogP contribution in [0.1, 0.15) is 49.4 Å². The van der Waals surface area contributed by atoms with Gasteiger partial charge >= 0.3 is 0 Å². The second kappa shape index (κ2) is 7.44. The Morgan fingerprint density at radius 1 is 1.35 bits per heavy atom. The minimum atomic E-state index is 0.172. The van der Waals surface area contributed by atoms with Crippen molar-refractivity contribution in [2.45, 2.75) is 45.1 Å². The van der Waals surface area contributed by atoms with Gasteiger partial charge in [0, 0.05) is 6.04 Å². The van der Waals surface area contributed by atoms with Crippen molar-refractivity contribution in [2.75, 3.05) is 20.2 Å². The van der Waals surface area contributed by atoms with Crippen molar-refractivity contribution >= 4 is 5.78 Å². The Bertz CT molecular complexity index is 442. The van der Waals surface area contributed by atoms with Gasteiger partial charge in [0.1, 0.15) is 5.75 Å². The summed E-state index contributed by atoms with van der Waals surface area (Å²) in [6.45, 7) is 3.78. The lowest BCUT2D eigenvalue weighted by molar-refractivity contribution is 0.0828. The molecule has 1 aliphatic rings. The van der Waals surface area contributed by atoms with Gasteiger partial charge in [-0.2, -0.15) is 0 Å². The number of Topliss-reactive ketones (excluding diaryl/α,β-unsaturated/α-hetero) is 1. The number of ketones is 1. The van der Waals surface area contributed by atoms with Gasteiger partial charge in [-0.05, 0) is 37.9 Å². The van der Waals surface area contributed by atoms with Gasteiger partial charge in [0.05, 0.1) is 19.2 Å². The molecule has 2 rings (SSSR count). The van der Waals surface area contributed by atoms with Crippen LogP contribution in [0.25, 0.3) is 0 Å². The van der Waals surface area contributed by atoms with Crippen molar-refractivity contribution in [2.24, 2.45) is 0 Å². The van der Waals surface area contributed by atoms with E-state index in [0.717, 1.165) is 6.54 Å². The summed E-state index contributed by atoms with van der Waals surface area (Å²) in [5, 5.41) is 0. The molecule has 0 radical (unpaired) electrons. The zero-order valence-corrected chi connectivity index (χ0v) is 12.6. The van der Waals surface area contributed by atoms with Crippen LogP contribution in [0.4, 0.5) is 0 Å². The van der Waals surface area contributed by atoms with Crippen LogP contribution in [0, 0.1) is 0 Å². The van der Waals surface area contributed by atoms with Crippen molar-refractivity contribution in [1.29, 1.82) is 0 Å². The minimum absolute atomic E-state index is 0.172. The molecule has 0 aliphatic carbocycles. The monoisotopic (exact) mass is 275 g/mol. The van der Waals surface area contributed by atoms with Crippen molar-refractivity contribution in [3.8, 4) is 5.75 Å². The number of piperidine rings is 1. The maximum Gasteiger partial charge on any atom is 0.180 e. The molecule has 0 amide bonds. The van der Waals surface area contributed by atoms with E-state index >= 15 is 0 Å². The van der Waals surface area contributed by atoms with E-state index in [4.69, 9.17) is 4.74 Å². The Morgan fingerprint density at radius 3 is 2.90 bits per heavy atom. The smallest absolute Gasteiger partial charge is 0.180 e. The SMILES string of the molecule is CCCC1CCCCN1CC(=O)c1ccccc1OC. The van der Waals surface area contributed by atoms with E-state index < -0.39 is 0 Å². The van der Waals surface area contributed by atoms with Gasteiger partial charge in [-0.3, -0.25) is 9.69 Å². The molecule has 0 spiro atoms. The summed E-state index contributed by atoms with van der Waals surface area (Å²) in [6.07, 6.45) is 6.11. The number of para-hydroxylation sites is 1. The van der Waals surface area contributed by atoms with E-state index in [1.807, 2.05) is 24.3 Å². The zero-order valence-electron chi connectivity index (χ0n) is 12.6. The maximum atomic E-state index is 12.5. The van der Waals surface area contributed by atoms with E-state index in [1.165, 1.54) is 32.1 Å². The Kier molecular flexibility index (Phi) is 5.60. The Balaban J connectivity index is 2.05. The maximum absolute atomic E-state index is 12.5. The van der Waals surface area contributed by atoms with Crippen molar-refractivity contribution < 1.29 is 9.53 Å². The van der Waals surface area contributed by atoms with Gasteiger partial charge in [-0.25, -0.2) is 0 Å². The van der Waals surface area contributed by atoms with Gasteiger partial charge in [-0.15, -0.1) is 0 Å². The molecule has 1 unspecified atom stereocenters. The molecule has 0 bridgehead atoms. The molecule has 1 fully saturated rings. The number of hydrogen-bond acceptors (Lipinski definition) is 3. The highest BCUT2D eigenvalue weighted by molar-refractivity contribution is 6.00. The number of carbonyl (C=O) groups excluding carboxylic acids is 1. The molecule has 0 N–H and O–H groups in total. The topological polar surface area (TPSA) is 29.5 Å². The van der Waals surface area contributed by atoms with Crippen LogP contribution in [-0.2, 0) is 0 Å². The van der Waals surface area contributed by atoms with Crippen LogP contribution in [-0.4, -0.2) is 36.9 Å². The molecule has 1 heterocycles. The number of rotatable bonds is 6. The fraction of sp³-hybridized carbons (Fsp3) is 0.588. The number of hydrogen-bond donors (Lipinski definition) is 0. The predicted molar refractivity (Wildman–Crippen MR) is 81.4 cm³/mol. The van der Waals surface area contributed by atoms with Crippen LogP contribution in [0.5, 0.6) is 5.75 Å².